The standard InChI is InChI=1S/C13H28OSi2/c1-12(2,3)16(8,9)13(4,14)10-11-15(5,6)7/h14H,1-9H3. The highest BCUT2D eigenvalue weighted by Crippen LogP contribution is 2.42. The maximum Gasteiger partial charge on any atom is 0.129 e. The largest absolute Gasteiger partial charge is 0.381 e. The minimum Gasteiger partial charge on any atom is -0.381 e. The summed E-state index contributed by atoms with van der Waals surface area (Å²) in [6.07, 6.45) is 0. The molecule has 1 atom stereocenters. The molecule has 0 aromatic heterocycles. The van der Waals surface area contributed by atoms with E-state index in [-0.39, 0.29) is 5.04 Å². The van der Waals surface area contributed by atoms with Gasteiger partial charge in [0.15, 0.2) is 0 Å². The van der Waals surface area contributed by atoms with Crippen molar-refractivity contribution in [2.45, 2.75) is 70.7 Å². The van der Waals surface area contributed by atoms with E-state index < -0.39 is 21.4 Å². The number of hydrogen-bond donors (Lipinski definition) is 1. The molecule has 94 valence electrons. The van der Waals surface area contributed by atoms with Gasteiger partial charge in [-0.2, -0.15) is 0 Å². The second-order valence-electron chi connectivity index (χ2n) is 7.45. The smallest absolute Gasteiger partial charge is 0.129 e. The molecule has 0 saturated heterocycles. The molecule has 16 heavy (non-hydrogen) atoms. The fourth-order valence-electron chi connectivity index (χ4n) is 1.20. The zero-order valence-corrected chi connectivity index (χ0v) is 14.4. The lowest BCUT2D eigenvalue weighted by molar-refractivity contribution is 0.191. The Labute approximate surface area is 104 Å². The summed E-state index contributed by atoms with van der Waals surface area (Å²) in [5.74, 6) is 3.17. The third kappa shape index (κ3) is 3.76. The minimum atomic E-state index is -1.83. The first-order valence-corrected chi connectivity index (χ1v) is 12.5. The molecule has 0 amide bonds. The van der Waals surface area contributed by atoms with E-state index in [0.717, 1.165) is 0 Å². The fraction of sp³-hybridized carbons (Fsp3) is 0.846. The highest BCUT2D eigenvalue weighted by atomic mass is 28.3. The average Bonchev–Trinajstić information content (AvgIpc) is 1.97. The lowest BCUT2D eigenvalue weighted by atomic mass is 10.2. The van der Waals surface area contributed by atoms with Crippen molar-refractivity contribution >= 4 is 16.1 Å². The van der Waals surface area contributed by atoms with E-state index in [9.17, 15) is 5.11 Å². The third-order valence-electron chi connectivity index (χ3n) is 3.77. The van der Waals surface area contributed by atoms with Crippen molar-refractivity contribution in [3.63, 3.8) is 0 Å². The molecule has 0 aromatic rings. The zero-order valence-electron chi connectivity index (χ0n) is 12.4. The lowest BCUT2D eigenvalue weighted by Crippen LogP contribution is -2.57. The Bertz CT molecular complexity index is 306. The molecule has 1 unspecified atom stereocenters. The van der Waals surface area contributed by atoms with Crippen LogP contribution in [0, 0.1) is 11.5 Å². The molecule has 0 heterocycles. The lowest BCUT2D eigenvalue weighted by Gasteiger charge is -2.44. The summed E-state index contributed by atoms with van der Waals surface area (Å²) in [5, 5.41) is 10.0. The summed E-state index contributed by atoms with van der Waals surface area (Å²) < 4.78 is 0. The van der Waals surface area contributed by atoms with Gasteiger partial charge in [0.2, 0.25) is 0 Å². The summed E-state index contributed by atoms with van der Waals surface area (Å²) in [7, 11) is -3.23. The highest BCUT2D eigenvalue weighted by molar-refractivity contribution is 6.85. The van der Waals surface area contributed by atoms with Gasteiger partial charge in [-0.15, -0.1) is 5.54 Å². The second-order valence-corrected chi connectivity index (χ2v) is 17.9. The van der Waals surface area contributed by atoms with Gasteiger partial charge in [0.05, 0.1) is 0 Å². The van der Waals surface area contributed by atoms with Crippen molar-refractivity contribution in [3.8, 4) is 11.5 Å². The van der Waals surface area contributed by atoms with Crippen LogP contribution in [-0.4, -0.2) is 26.5 Å². The molecule has 0 spiro atoms. The maximum absolute atomic E-state index is 10.7. The van der Waals surface area contributed by atoms with E-state index in [4.69, 9.17) is 0 Å². The first-order chi connectivity index (χ1) is 6.71. The Balaban J connectivity index is 5.28. The van der Waals surface area contributed by atoms with E-state index in [1.54, 1.807) is 0 Å². The van der Waals surface area contributed by atoms with Crippen LogP contribution in [0.5, 0.6) is 0 Å². The van der Waals surface area contributed by atoms with E-state index in [0.29, 0.717) is 0 Å². The van der Waals surface area contributed by atoms with Crippen LogP contribution in [0.2, 0.25) is 37.8 Å². The van der Waals surface area contributed by atoms with Crippen molar-refractivity contribution in [3.05, 3.63) is 0 Å². The van der Waals surface area contributed by atoms with Crippen LogP contribution in [0.15, 0.2) is 0 Å². The predicted octanol–water partition coefficient (Wildman–Crippen LogP) is 3.67. The van der Waals surface area contributed by atoms with Crippen molar-refractivity contribution in [2.24, 2.45) is 0 Å². The maximum atomic E-state index is 10.7. The van der Waals surface area contributed by atoms with Gasteiger partial charge in [-0.3, -0.25) is 0 Å². The topological polar surface area (TPSA) is 20.2 Å². The number of hydrogen-bond acceptors (Lipinski definition) is 1. The van der Waals surface area contributed by atoms with Crippen LogP contribution in [0.4, 0.5) is 0 Å². The van der Waals surface area contributed by atoms with Gasteiger partial charge in [0, 0.05) is 0 Å². The zero-order chi connectivity index (χ0) is 13.4. The normalized spacial score (nSPS) is 17.4. The van der Waals surface area contributed by atoms with E-state index in [1.165, 1.54) is 0 Å². The molecular weight excluding hydrogens is 228 g/mol. The summed E-state index contributed by atoms with van der Waals surface area (Å²) >= 11 is 0. The van der Waals surface area contributed by atoms with Crippen LogP contribution in [0.1, 0.15) is 27.7 Å². The Morgan fingerprint density at radius 1 is 0.875 bits per heavy atom. The average molecular weight is 257 g/mol. The van der Waals surface area contributed by atoms with Gasteiger partial charge >= 0.3 is 0 Å². The first-order valence-electron chi connectivity index (χ1n) is 5.97. The Morgan fingerprint density at radius 2 is 1.25 bits per heavy atom. The van der Waals surface area contributed by atoms with Gasteiger partial charge in [0.1, 0.15) is 21.4 Å². The Morgan fingerprint density at radius 3 is 1.50 bits per heavy atom. The Kier molecular flexibility index (Phi) is 4.31. The van der Waals surface area contributed by atoms with E-state index in [2.05, 4.69) is 65.0 Å². The second kappa shape index (κ2) is 4.32. The van der Waals surface area contributed by atoms with Gasteiger partial charge in [-0.05, 0) is 12.0 Å². The molecule has 0 aliphatic rings. The summed E-state index contributed by atoms with van der Waals surface area (Å²) in [5.41, 5.74) is 3.31. The molecule has 0 fully saturated rings. The van der Waals surface area contributed by atoms with Crippen LogP contribution < -0.4 is 0 Å². The van der Waals surface area contributed by atoms with Gasteiger partial charge < -0.3 is 5.11 Å². The van der Waals surface area contributed by atoms with Crippen LogP contribution in [0.25, 0.3) is 0 Å². The molecule has 3 heteroatoms. The number of rotatable bonds is 1. The molecule has 0 aromatic carbocycles. The number of aliphatic hydroxyl groups is 1. The van der Waals surface area contributed by atoms with Crippen molar-refractivity contribution in [1.29, 1.82) is 0 Å². The van der Waals surface area contributed by atoms with E-state index in [1.807, 2.05) is 6.92 Å². The van der Waals surface area contributed by atoms with Crippen LogP contribution in [-0.2, 0) is 0 Å². The molecule has 0 saturated carbocycles. The minimum absolute atomic E-state index is 0.157. The molecule has 1 N–H and O–H groups in total. The SMILES string of the molecule is CC(C)(C)[Si](C)(C)C(C)(O)C#C[Si](C)(C)C. The third-order valence-corrected chi connectivity index (χ3v) is 11.0. The van der Waals surface area contributed by atoms with Gasteiger partial charge in [0.25, 0.3) is 0 Å². The molecule has 0 rings (SSSR count). The quantitative estimate of drug-likeness (QED) is 0.561. The highest BCUT2D eigenvalue weighted by Gasteiger charge is 2.48. The first kappa shape index (κ1) is 16.0. The van der Waals surface area contributed by atoms with Crippen LogP contribution in [0.3, 0.4) is 0 Å². The van der Waals surface area contributed by atoms with Gasteiger partial charge in [-0.1, -0.05) is 59.4 Å². The molecule has 0 aliphatic carbocycles. The molecule has 0 bridgehead atoms. The molecule has 1 nitrogen and oxygen atoms in total. The molecule has 0 radical (unpaired) electrons. The van der Waals surface area contributed by atoms with Gasteiger partial charge in [-0.25, -0.2) is 0 Å². The monoisotopic (exact) mass is 256 g/mol. The van der Waals surface area contributed by atoms with E-state index >= 15 is 0 Å². The van der Waals surface area contributed by atoms with Crippen molar-refractivity contribution < 1.29 is 5.11 Å². The fourth-order valence-corrected chi connectivity index (χ4v) is 3.77. The molecule has 0 aliphatic heterocycles. The summed E-state index contributed by atoms with van der Waals surface area (Å²) in [6.45, 7) is 19.6. The summed E-state index contributed by atoms with van der Waals surface area (Å²) in [4.78, 5) is 0. The van der Waals surface area contributed by atoms with Crippen LogP contribution >= 0.6 is 0 Å². The Hall–Kier alpha value is -0.0462. The molecular formula is C13H28OSi2. The van der Waals surface area contributed by atoms with Crippen molar-refractivity contribution in [2.75, 3.05) is 0 Å². The predicted molar refractivity (Wildman–Crippen MR) is 78.9 cm³/mol. The van der Waals surface area contributed by atoms with Crippen molar-refractivity contribution in [1.82, 2.24) is 0 Å². The summed E-state index contributed by atoms with van der Waals surface area (Å²) in [6, 6.07) is 0.